The Bertz CT molecular complexity index is 1310. The van der Waals surface area contributed by atoms with Crippen molar-refractivity contribution in [3.05, 3.63) is 40.5 Å². The summed E-state index contributed by atoms with van der Waals surface area (Å²) in [5, 5.41) is 60.0. The zero-order chi connectivity index (χ0) is 31.2. The maximum Gasteiger partial charge on any atom is 0.336 e. The topological polar surface area (TPSA) is 180 Å². The van der Waals surface area contributed by atoms with Crippen LogP contribution >= 0.6 is 11.3 Å². The molecule has 11 atom stereocenters. The number of carbonyl (C=O) groups is 3. The molecule has 3 aliphatic carbocycles. The molecule has 2 bridgehead atoms. The first kappa shape index (κ1) is 35.1. The van der Waals surface area contributed by atoms with E-state index in [1.807, 2.05) is 0 Å². The Morgan fingerprint density at radius 2 is 1.84 bits per heavy atom. The zero-order valence-electron chi connectivity index (χ0n) is 24.7. The van der Waals surface area contributed by atoms with E-state index in [0.29, 0.717) is 4.88 Å². The maximum atomic E-state index is 14.2. The Balaban J connectivity index is 0.00000423. The molecule has 5 rings (SSSR count). The summed E-state index contributed by atoms with van der Waals surface area (Å²) in [6, 6.07) is 3.38. The van der Waals surface area contributed by atoms with Crippen LogP contribution in [-0.2, 0) is 28.6 Å². The molecule has 2 saturated carbocycles. The predicted octanol–water partition coefficient (Wildman–Crippen LogP) is 0.685. The van der Waals surface area contributed by atoms with E-state index in [0.717, 1.165) is 6.92 Å². The van der Waals surface area contributed by atoms with Crippen LogP contribution in [0.1, 0.15) is 58.3 Å². The van der Waals surface area contributed by atoms with Gasteiger partial charge in [-0.1, -0.05) is 19.9 Å². The number of hydrogen-bond donors (Lipinski definition) is 5. The molecule has 1 aliphatic heterocycles. The summed E-state index contributed by atoms with van der Waals surface area (Å²) in [4.78, 5) is 40.5. The van der Waals surface area contributed by atoms with Crippen LogP contribution in [0.5, 0.6) is 0 Å². The molecule has 1 saturated heterocycles. The number of carbonyl (C=O) groups excluding carboxylic acids is 3. The van der Waals surface area contributed by atoms with E-state index in [1.165, 1.54) is 18.3 Å². The molecule has 1 unspecified atom stereocenters. The van der Waals surface area contributed by atoms with Crippen molar-refractivity contribution >= 4 is 29.1 Å². The second-order valence-electron chi connectivity index (χ2n) is 12.9. The molecule has 3 radical (unpaired) electrons. The van der Waals surface area contributed by atoms with E-state index >= 15 is 0 Å². The summed E-state index contributed by atoms with van der Waals surface area (Å²) in [6.45, 7) is 13.0. The van der Waals surface area contributed by atoms with Gasteiger partial charge in [-0.15, -0.1) is 11.3 Å². The zero-order valence-corrected chi connectivity index (χ0v) is 30.3. The smallest absolute Gasteiger partial charge is 0.336 e. The number of fused-ring (bicyclic) bond motifs is 5. The molecule has 1 aromatic heterocycles. The molecule has 43 heavy (non-hydrogen) atoms. The van der Waals surface area contributed by atoms with Crippen LogP contribution in [0.15, 0.2) is 28.7 Å². The first-order valence-electron chi connectivity index (χ1n) is 14.0. The van der Waals surface area contributed by atoms with E-state index < -0.39 is 88.2 Å². The summed E-state index contributed by atoms with van der Waals surface area (Å²) in [6.07, 6.45) is -9.37. The van der Waals surface area contributed by atoms with E-state index in [9.17, 15) is 39.9 Å². The molecule has 0 aromatic carbocycles. The van der Waals surface area contributed by atoms with Crippen molar-refractivity contribution in [1.29, 1.82) is 0 Å². The number of esters is 2. The van der Waals surface area contributed by atoms with Gasteiger partial charge in [-0.3, -0.25) is 9.59 Å². The van der Waals surface area contributed by atoms with Crippen molar-refractivity contribution in [2.45, 2.75) is 101 Å². The Morgan fingerprint density at radius 1 is 1.19 bits per heavy atom. The number of ketones is 1. The second kappa shape index (κ2) is 11.8. The summed E-state index contributed by atoms with van der Waals surface area (Å²) in [5.41, 5.74) is -7.00. The Kier molecular flexibility index (Phi) is 9.64. The van der Waals surface area contributed by atoms with Gasteiger partial charge < -0.3 is 39.7 Å². The normalized spacial score (nSPS) is 41.2. The van der Waals surface area contributed by atoms with Crippen molar-refractivity contribution < 1.29 is 98.2 Å². The Hall–Kier alpha value is -0.748. The molecule has 3 fully saturated rings. The fourth-order valence-corrected chi connectivity index (χ4v) is 8.55. The van der Waals surface area contributed by atoms with Crippen LogP contribution in [-0.4, -0.2) is 97.7 Å². The third kappa shape index (κ3) is 5.04. The Labute approximate surface area is 290 Å². The molecule has 2 heterocycles. The first-order valence-corrected chi connectivity index (χ1v) is 14.8. The number of Topliss-reactive ketones (excluding diaryl/α,β-unsaturated/α-hetero) is 1. The van der Waals surface area contributed by atoms with Crippen LogP contribution in [0.3, 0.4) is 0 Å². The first-order chi connectivity index (χ1) is 19.4. The largest absolute Gasteiger partial charge is 0.459 e. The summed E-state index contributed by atoms with van der Waals surface area (Å²) in [5.74, 6) is -5.25. The van der Waals surface area contributed by atoms with Gasteiger partial charge in [0.25, 0.3) is 0 Å². The van der Waals surface area contributed by atoms with E-state index in [-0.39, 0.29) is 74.7 Å². The Morgan fingerprint density at radius 3 is 2.37 bits per heavy atom. The molecule has 1 aromatic rings. The van der Waals surface area contributed by atoms with Crippen LogP contribution in [0.4, 0.5) is 0 Å². The van der Waals surface area contributed by atoms with Gasteiger partial charge in [0.1, 0.15) is 29.5 Å². The summed E-state index contributed by atoms with van der Waals surface area (Å²) in [7, 11) is 0. The molecule has 0 amide bonds. The number of rotatable bonds is 5. The van der Waals surface area contributed by atoms with Gasteiger partial charge >= 0.3 is 11.9 Å². The predicted molar refractivity (Wildman–Crippen MR) is 147 cm³/mol. The van der Waals surface area contributed by atoms with Gasteiger partial charge in [0.05, 0.1) is 24.2 Å². The van der Waals surface area contributed by atoms with Crippen molar-refractivity contribution in [3.8, 4) is 0 Å². The molecule has 0 spiro atoms. The average Bonchev–Trinajstić information content (AvgIpc) is 3.45. The number of thiophene rings is 1. The number of ether oxygens (including phenoxy) is 3. The van der Waals surface area contributed by atoms with E-state index in [1.54, 1.807) is 38.3 Å². The fourth-order valence-electron chi connectivity index (χ4n) is 7.79. The fraction of sp³-hybridized carbons (Fsp3) is 0.667. The SMILES string of the molecule is [Ac].[CH][C@@H](c1cccs1)[C@@H](O)C(=O)OC1C[C@@]2(O)[C@@H](OC(C)=O)[C@@H]3[C@]4(O)CO[C@@H]4C[C@H](O)[C@@]3(C)C(=O)[C@H](O)C(=C1C)C2(C)C. The third-order valence-electron chi connectivity index (χ3n) is 10.4. The number of aliphatic hydroxyl groups is 5. The minimum atomic E-state index is -2.15. The van der Waals surface area contributed by atoms with Gasteiger partial charge in [0, 0.05) is 86.0 Å². The molecular formula is C30H38AcO11S. The third-order valence-corrected chi connectivity index (χ3v) is 11.4. The van der Waals surface area contributed by atoms with Crippen LogP contribution in [0.2, 0.25) is 0 Å². The molecule has 5 N–H and O–H groups in total. The van der Waals surface area contributed by atoms with Crippen LogP contribution < -0.4 is 0 Å². The monoisotopic (exact) mass is 833 g/mol. The van der Waals surface area contributed by atoms with E-state index in [2.05, 4.69) is 0 Å². The van der Waals surface area contributed by atoms with Gasteiger partial charge in [-0.05, 0) is 43.4 Å². The second-order valence-corrected chi connectivity index (χ2v) is 13.8. The van der Waals surface area contributed by atoms with Gasteiger partial charge in [-0.2, -0.15) is 0 Å². The minimum Gasteiger partial charge on any atom is -0.459 e. The van der Waals surface area contributed by atoms with Gasteiger partial charge in [-0.25, -0.2) is 4.79 Å². The molecule has 11 nitrogen and oxygen atoms in total. The van der Waals surface area contributed by atoms with Crippen molar-refractivity contribution in [2.24, 2.45) is 16.7 Å². The van der Waals surface area contributed by atoms with Crippen LogP contribution in [0.25, 0.3) is 0 Å². The minimum absolute atomic E-state index is 0. The summed E-state index contributed by atoms with van der Waals surface area (Å²) < 4.78 is 17.0. The van der Waals surface area contributed by atoms with Gasteiger partial charge in [0.15, 0.2) is 11.9 Å². The average molecular weight is 834 g/mol. The van der Waals surface area contributed by atoms with E-state index in [4.69, 9.17) is 21.1 Å². The van der Waals surface area contributed by atoms with Crippen LogP contribution in [0, 0.1) is 67.7 Å². The molecular weight excluding hydrogens is 795 g/mol. The molecule has 4 aliphatic rings. The molecule has 233 valence electrons. The summed E-state index contributed by atoms with van der Waals surface area (Å²) >= 11 is 1.25. The van der Waals surface area contributed by atoms with Crippen molar-refractivity contribution in [3.63, 3.8) is 0 Å². The van der Waals surface area contributed by atoms with Gasteiger partial charge in [0.2, 0.25) is 0 Å². The van der Waals surface area contributed by atoms with Crippen molar-refractivity contribution in [2.75, 3.05) is 6.61 Å². The van der Waals surface area contributed by atoms with Crippen molar-refractivity contribution in [1.82, 2.24) is 0 Å². The maximum absolute atomic E-state index is 14.2. The number of aliphatic hydroxyl groups excluding tert-OH is 3. The quantitative estimate of drug-likeness (QED) is 0.208. The standard InChI is InChI=1S/C30H38O11S.Ac/c1-13-16(41-26(36)21(33)14(2)17-8-7-9-42-17)11-30(38)25(40-15(3)31)23-28(6,18(32)10-19-29(23,37)12-39-19)24(35)22(34)20(13)27(30,4)5;/h2,7-9,14,16,18-19,21-23,25,32-34,37-38H,10-12H2,1,3-6H3;/t14-,16?,18-,19+,21+,22+,23-,25-,28+,29-,30+;/m0./s1. The number of hydrogen-bond acceptors (Lipinski definition) is 12. The molecule has 13 heteroatoms.